The van der Waals surface area contributed by atoms with Gasteiger partial charge in [0.25, 0.3) is 0 Å². The first-order valence-electron chi connectivity index (χ1n) is 7.97. The molecule has 3 nitrogen and oxygen atoms in total. The molecule has 124 valence electrons. The van der Waals surface area contributed by atoms with Crippen LogP contribution in [0.4, 0.5) is 11.4 Å². The number of rotatable bonds is 4. The fourth-order valence-electron chi connectivity index (χ4n) is 2.21. The molecule has 0 N–H and O–H groups in total. The fourth-order valence-corrected chi connectivity index (χ4v) is 2.44. The minimum absolute atomic E-state index is 0.603. The van der Waals surface area contributed by atoms with E-state index in [0.717, 1.165) is 11.4 Å². The number of hydrogen-bond donors (Lipinski definition) is 0. The lowest BCUT2D eigenvalue weighted by Gasteiger charge is -1.99. The van der Waals surface area contributed by atoms with Gasteiger partial charge in [0, 0.05) is 5.02 Å². The van der Waals surface area contributed by atoms with Crippen molar-refractivity contribution in [3.8, 4) is 0 Å². The van der Waals surface area contributed by atoms with Crippen LogP contribution >= 0.6 is 11.6 Å². The lowest BCUT2D eigenvalue weighted by Crippen LogP contribution is -1.94. The Labute approximate surface area is 152 Å². The van der Waals surface area contributed by atoms with Gasteiger partial charge < -0.3 is 0 Å². The topological polar surface area (TPSA) is 37.6 Å². The SMILES string of the molecule is Cc1ccc(N=Cc2cc(Cl)cc(C=Nc3ccc(C)cc3)n2)cc1. The van der Waals surface area contributed by atoms with Crippen molar-refractivity contribution in [2.75, 3.05) is 0 Å². The van der Waals surface area contributed by atoms with E-state index in [1.807, 2.05) is 62.4 Å². The number of halogens is 1. The quantitative estimate of drug-likeness (QED) is 0.545. The first kappa shape index (κ1) is 17.1. The summed E-state index contributed by atoms with van der Waals surface area (Å²) in [4.78, 5) is 13.4. The Morgan fingerprint density at radius 3 is 1.52 bits per heavy atom. The molecule has 0 unspecified atom stereocenters. The lowest BCUT2D eigenvalue weighted by atomic mass is 10.2. The van der Waals surface area contributed by atoms with Gasteiger partial charge in [-0.1, -0.05) is 47.0 Å². The number of hydrogen-bond acceptors (Lipinski definition) is 3. The van der Waals surface area contributed by atoms with Gasteiger partial charge in [0.2, 0.25) is 0 Å². The molecule has 0 aliphatic heterocycles. The molecule has 0 spiro atoms. The van der Waals surface area contributed by atoms with Gasteiger partial charge in [0.1, 0.15) is 0 Å². The zero-order chi connectivity index (χ0) is 17.6. The smallest absolute Gasteiger partial charge is 0.0835 e. The van der Waals surface area contributed by atoms with Crippen LogP contribution in [0, 0.1) is 13.8 Å². The van der Waals surface area contributed by atoms with Gasteiger partial charge in [-0.3, -0.25) is 9.98 Å². The van der Waals surface area contributed by atoms with Crippen LogP contribution < -0.4 is 0 Å². The molecular formula is C21H18ClN3. The molecule has 0 radical (unpaired) electrons. The van der Waals surface area contributed by atoms with E-state index in [4.69, 9.17) is 11.6 Å². The first-order chi connectivity index (χ1) is 12.1. The summed E-state index contributed by atoms with van der Waals surface area (Å²) in [5.74, 6) is 0. The summed E-state index contributed by atoms with van der Waals surface area (Å²) >= 11 is 6.19. The van der Waals surface area contributed by atoms with E-state index in [1.165, 1.54) is 11.1 Å². The Balaban J connectivity index is 1.80. The molecule has 0 fully saturated rings. The van der Waals surface area contributed by atoms with Crippen LogP contribution in [0.5, 0.6) is 0 Å². The van der Waals surface area contributed by atoms with Gasteiger partial charge in [-0.2, -0.15) is 0 Å². The molecule has 4 heteroatoms. The molecule has 2 aromatic carbocycles. The maximum absolute atomic E-state index is 6.19. The highest BCUT2D eigenvalue weighted by molar-refractivity contribution is 6.31. The van der Waals surface area contributed by atoms with E-state index in [-0.39, 0.29) is 0 Å². The second-order valence-corrected chi connectivity index (χ2v) is 6.26. The molecular weight excluding hydrogens is 330 g/mol. The lowest BCUT2D eigenvalue weighted by molar-refractivity contribution is 1.27. The predicted octanol–water partition coefficient (Wildman–Crippen LogP) is 5.85. The molecule has 3 aromatic rings. The zero-order valence-corrected chi connectivity index (χ0v) is 14.9. The van der Waals surface area contributed by atoms with Crippen LogP contribution in [0.1, 0.15) is 22.5 Å². The van der Waals surface area contributed by atoms with E-state index in [2.05, 4.69) is 15.0 Å². The van der Waals surface area contributed by atoms with Crippen molar-refractivity contribution in [3.05, 3.63) is 88.2 Å². The number of aromatic nitrogens is 1. The van der Waals surface area contributed by atoms with Crippen LogP contribution in [0.3, 0.4) is 0 Å². The van der Waals surface area contributed by atoms with Gasteiger partial charge in [-0.15, -0.1) is 0 Å². The Hall–Kier alpha value is -2.78. The molecule has 0 atom stereocenters. The molecule has 1 heterocycles. The third-order valence-electron chi connectivity index (χ3n) is 3.59. The first-order valence-corrected chi connectivity index (χ1v) is 8.35. The van der Waals surface area contributed by atoms with Gasteiger partial charge in [-0.25, -0.2) is 4.98 Å². The van der Waals surface area contributed by atoms with Crippen LogP contribution in [-0.2, 0) is 0 Å². The molecule has 0 saturated carbocycles. The van der Waals surface area contributed by atoms with Gasteiger partial charge in [-0.05, 0) is 50.2 Å². The summed E-state index contributed by atoms with van der Waals surface area (Å²) in [5.41, 5.74) is 5.55. The van der Waals surface area contributed by atoms with Crippen LogP contribution in [0.15, 0.2) is 70.6 Å². The summed E-state index contributed by atoms with van der Waals surface area (Å²) in [6.45, 7) is 4.09. The largest absolute Gasteiger partial charge is 0.255 e. The molecule has 0 amide bonds. The highest BCUT2D eigenvalue weighted by Crippen LogP contribution is 2.15. The van der Waals surface area contributed by atoms with Crippen LogP contribution in [-0.4, -0.2) is 17.4 Å². The Morgan fingerprint density at radius 2 is 1.12 bits per heavy atom. The summed E-state index contributed by atoms with van der Waals surface area (Å²) in [5, 5.41) is 0.603. The maximum Gasteiger partial charge on any atom is 0.0835 e. The number of aliphatic imine (C=N–C) groups is 2. The zero-order valence-electron chi connectivity index (χ0n) is 14.1. The molecule has 25 heavy (non-hydrogen) atoms. The van der Waals surface area contributed by atoms with Gasteiger partial charge in [0.15, 0.2) is 0 Å². The minimum Gasteiger partial charge on any atom is -0.255 e. The standard InChI is InChI=1S/C21H18ClN3/c1-15-3-7-18(8-4-15)23-13-20-11-17(22)12-21(25-20)14-24-19-9-5-16(2)6-10-19/h3-14H,1-2H3. The normalized spacial score (nSPS) is 11.5. The van der Waals surface area contributed by atoms with E-state index in [0.29, 0.717) is 16.4 Å². The monoisotopic (exact) mass is 347 g/mol. The van der Waals surface area contributed by atoms with E-state index >= 15 is 0 Å². The predicted molar refractivity (Wildman–Crippen MR) is 106 cm³/mol. The van der Waals surface area contributed by atoms with Crippen molar-refractivity contribution in [3.63, 3.8) is 0 Å². The van der Waals surface area contributed by atoms with E-state index in [9.17, 15) is 0 Å². The van der Waals surface area contributed by atoms with E-state index in [1.54, 1.807) is 24.6 Å². The average molecular weight is 348 g/mol. The van der Waals surface area contributed by atoms with Gasteiger partial charge in [0.05, 0.1) is 35.2 Å². The average Bonchev–Trinajstić information content (AvgIpc) is 2.60. The Morgan fingerprint density at radius 1 is 0.720 bits per heavy atom. The summed E-state index contributed by atoms with van der Waals surface area (Å²) in [6, 6.07) is 19.5. The molecule has 0 bridgehead atoms. The molecule has 0 aliphatic rings. The van der Waals surface area contributed by atoms with Crippen molar-refractivity contribution < 1.29 is 0 Å². The van der Waals surface area contributed by atoms with Crippen molar-refractivity contribution in [2.45, 2.75) is 13.8 Å². The molecule has 3 rings (SSSR count). The second-order valence-electron chi connectivity index (χ2n) is 5.82. The number of aryl methyl sites for hydroxylation is 2. The summed E-state index contributed by atoms with van der Waals surface area (Å²) in [6.07, 6.45) is 3.42. The van der Waals surface area contributed by atoms with Crippen molar-refractivity contribution in [1.82, 2.24) is 4.98 Å². The second kappa shape index (κ2) is 7.86. The minimum atomic E-state index is 0.603. The number of nitrogens with zero attached hydrogens (tertiary/aromatic N) is 3. The van der Waals surface area contributed by atoms with E-state index < -0.39 is 0 Å². The summed E-state index contributed by atoms with van der Waals surface area (Å²) < 4.78 is 0. The maximum atomic E-state index is 6.19. The molecule has 0 saturated heterocycles. The van der Waals surface area contributed by atoms with Gasteiger partial charge >= 0.3 is 0 Å². The van der Waals surface area contributed by atoms with Crippen molar-refractivity contribution >= 4 is 35.4 Å². The Bertz CT molecular complexity index is 837. The Kier molecular flexibility index (Phi) is 5.36. The third kappa shape index (κ3) is 5.10. The van der Waals surface area contributed by atoms with Crippen molar-refractivity contribution in [2.24, 2.45) is 9.98 Å². The molecule has 1 aromatic heterocycles. The summed E-state index contributed by atoms with van der Waals surface area (Å²) in [7, 11) is 0. The van der Waals surface area contributed by atoms with Crippen molar-refractivity contribution in [1.29, 1.82) is 0 Å². The molecule has 0 aliphatic carbocycles. The highest BCUT2D eigenvalue weighted by atomic mass is 35.5. The number of benzene rings is 2. The third-order valence-corrected chi connectivity index (χ3v) is 3.81. The number of pyridine rings is 1. The fraction of sp³-hybridized carbons (Fsp3) is 0.0952. The van der Waals surface area contributed by atoms with Crippen LogP contribution in [0.25, 0.3) is 0 Å². The highest BCUT2D eigenvalue weighted by Gasteiger charge is 1.99. The van der Waals surface area contributed by atoms with Crippen LogP contribution in [0.2, 0.25) is 5.02 Å².